The number of amides is 2. The van der Waals surface area contributed by atoms with Crippen LogP contribution < -0.4 is 10.2 Å². The van der Waals surface area contributed by atoms with Gasteiger partial charge in [-0.05, 0) is 18.2 Å². The first kappa shape index (κ1) is 18.6. The van der Waals surface area contributed by atoms with Crippen LogP contribution in [0.1, 0.15) is 34.1 Å². The highest BCUT2D eigenvalue weighted by atomic mass is 35.5. The zero-order chi connectivity index (χ0) is 17.9. The van der Waals surface area contributed by atoms with E-state index >= 15 is 0 Å². The number of anilines is 2. The van der Waals surface area contributed by atoms with Gasteiger partial charge in [-0.3, -0.25) is 9.59 Å². The lowest BCUT2D eigenvalue weighted by molar-refractivity contribution is -0.139. The summed E-state index contributed by atoms with van der Waals surface area (Å²) in [6.45, 7) is 10.5. The number of nitrogens with zero attached hydrogens (tertiary/aromatic N) is 2. The molecule has 6 heteroatoms. The molecule has 0 unspecified atom stereocenters. The molecule has 2 rings (SSSR count). The Kier molecular flexibility index (Phi) is 5.75. The van der Waals surface area contributed by atoms with Crippen molar-refractivity contribution >= 4 is 34.8 Å². The molecule has 1 aliphatic heterocycles. The summed E-state index contributed by atoms with van der Waals surface area (Å²) in [4.78, 5) is 27.9. The molecule has 1 aliphatic rings. The zero-order valence-corrected chi connectivity index (χ0v) is 15.6. The highest BCUT2D eigenvalue weighted by Crippen LogP contribution is 2.30. The third kappa shape index (κ3) is 4.41. The van der Waals surface area contributed by atoms with Crippen LogP contribution in [0.4, 0.5) is 11.4 Å². The lowest BCUT2D eigenvalue weighted by atomic mass is 9.94. The smallest absolute Gasteiger partial charge is 0.228 e. The van der Waals surface area contributed by atoms with Crippen molar-refractivity contribution in [2.24, 2.45) is 5.41 Å². The second kappa shape index (κ2) is 7.43. The minimum absolute atomic E-state index is 0.0341. The first-order chi connectivity index (χ1) is 11.2. The molecule has 0 spiro atoms. The number of rotatable bonds is 3. The minimum Gasteiger partial charge on any atom is -0.367 e. The van der Waals surface area contributed by atoms with Crippen molar-refractivity contribution in [1.82, 2.24) is 4.90 Å². The van der Waals surface area contributed by atoms with Crippen molar-refractivity contribution < 1.29 is 9.59 Å². The molecule has 0 bridgehead atoms. The maximum absolute atomic E-state index is 12.3. The molecule has 1 saturated heterocycles. The topological polar surface area (TPSA) is 52.7 Å². The summed E-state index contributed by atoms with van der Waals surface area (Å²) in [5.74, 6) is 0.152. The van der Waals surface area contributed by atoms with Gasteiger partial charge in [0.15, 0.2) is 0 Å². The quantitative estimate of drug-likeness (QED) is 0.908. The number of carbonyl (C=O) groups is 2. The summed E-state index contributed by atoms with van der Waals surface area (Å²) in [6.07, 6.45) is 0.434. The second-order valence-electron chi connectivity index (χ2n) is 7.10. The number of piperazine rings is 1. The molecule has 132 valence electrons. The van der Waals surface area contributed by atoms with Gasteiger partial charge in [-0.1, -0.05) is 39.3 Å². The fourth-order valence-electron chi connectivity index (χ4n) is 2.72. The number of benzene rings is 1. The lowest BCUT2D eigenvalue weighted by Crippen LogP contribution is -2.51. The van der Waals surface area contributed by atoms with Crippen LogP contribution in [0, 0.1) is 5.41 Å². The van der Waals surface area contributed by atoms with Crippen LogP contribution in [0.3, 0.4) is 0 Å². The summed E-state index contributed by atoms with van der Waals surface area (Å²) in [5, 5.41) is 3.42. The zero-order valence-electron chi connectivity index (χ0n) is 14.9. The number of hydrogen-bond acceptors (Lipinski definition) is 3. The van der Waals surface area contributed by atoms with Gasteiger partial charge in [0.2, 0.25) is 11.8 Å². The van der Waals surface area contributed by atoms with Crippen molar-refractivity contribution in [3.05, 3.63) is 23.2 Å². The predicted octanol–water partition coefficient (Wildman–Crippen LogP) is 3.38. The predicted molar refractivity (Wildman–Crippen MR) is 98.6 cm³/mol. The number of hydrogen-bond donors (Lipinski definition) is 1. The third-order valence-electron chi connectivity index (χ3n) is 4.10. The highest BCUT2D eigenvalue weighted by molar-refractivity contribution is 6.33. The molecule has 1 aromatic carbocycles. The van der Waals surface area contributed by atoms with Crippen LogP contribution in [-0.2, 0) is 9.59 Å². The van der Waals surface area contributed by atoms with Gasteiger partial charge in [-0.25, -0.2) is 0 Å². The Hall–Kier alpha value is -1.75. The Morgan fingerprint density at radius 1 is 1.17 bits per heavy atom. The number of nitrogens with one attached hydrogen (secondary N) is 1. The Morgan fingerprint density at radius 2 is 1.79 bits per heavy atom. The Balaban J connectivity index is 2.01. The highest BCUT2D eigenvalue weighted by Gasteiger charge is 2.30. The standard InChI is InChI=1S/C18H26ClN3O2/c1-5-16(23)20-13-6-7-15(14(19)12-13)21-8-10-22(11-9-21)17(24)18(2,3)4/h6-7,12H,5,8-11H2,1-4H3,(H,20,23). The van der Waals surface area contributed by atoms with Crippen LogP contribution in [0.2, 0.25) is 5.02 Å². The largest absolute Gasteiger partial charge is 0.367 e. The third-order valence-corrected chi connectivity index (χ3v) is 4.40. The van der Waals surface area contributed by atoms with Crippen molar-refractivity contribution in [2.45, 2.75) is 34.1 Å². The maximum atomic E-state index is 12.3. The van der Waals surface area contributed by atoms with Gasteiger partial charge in [0.05, 0.1) is 10.7 Å². The molecular weight excluding hydrogens is 326 g/mol. The Labute approximate surface area is 149 Å². The normalized spacial score (nSPS) is 15.4. The molecular formula is C18H26ClN3O2. The van der Waals surface area contributed by atoms with Crippen molar-refractivity contribution in [2.75, 3.05) is 36.4 Å². The molecule has 0 aromatic heterocycles. The molecule has 0 radical (unpaired) electrons. The molecule has 0 atom stereocenters. The molecule has 5 nitrogen and oxygen atoms in total. The van der Waals surface area contributed by atoms with E-state index in [2.05, 4.69) is 10.2 Å². The number of carbonyl (C=O) groups excluding carboxylic acids is 2. The van der Waals surface area contributed by atoms with Crippen molar-refractivity contribution in [1.29, 1.82) is 0 Å². The van der Waals surface area contributed by atoms with Crippen molar-refractivity contribution in [3.8, 4) is 0 Å². The Bertz CT molecular complexity index is 617. The van der Waals surface area contributed by atoms with Gasteiger partial charge in [0, 0.05) is 43.7 Å². The van der Waals surface area contributed by atoms with Gasteiger partial charge in [0.25, 0.3) is 0 Å². The van der Waals surface area contributed by atoms with E-state index in [1.54, 1.807) is 6.07 Å². The summed E-state index contributed by atoms with van der Waals surface area (Å²) in [6, 6.07) is 5.56. The van der Waals surface area contributed by atoms with E-state index in [1.807, 2.05) is 44.7 Å². The van der Waals surface area contributed by atoms with E-state index in [0.717, 1.165) is 18.8 Å². The van der Waals surface area contributed by atoms with Crippen LogP contribution in [0.5, 0.6) is 0 Å². The minimum atomic E-state index is -0.348. The fourth-order valence-corrected chi connectivity index (χ4v) is 3.02. The average Bonchev–Trinajstić information content (AvgIpc) is 2.53. The van der Waals surface area contributed by atoms with Crippen LogP contribution in [-0.4, -0.2) is 42.9 Å². The van der Waals surface area contributed by atoms with Gasteiger partial charge >= 0.3 is 0 Å². The summed E-state index contributed by atoms with van der Waals surface area (Å²) in [5.41, 5.74) is 1.30. The maximum Gasteiger partial charge on any atom is 0.228 e. The van der Waals surface area contributed by atoms with Gasteiger partial charge in [-0.15, -0.1) is 0 Å². The Morgan fingerprint density at radius 3 is 2.29 bits per heavy atom. The van der Waals surface area contributed by atoms with Crippen LogP contribution >= 0.6 is 11.6 Å². The van der Waals surface area contributed by atoms with E-state index in [9.17, 15) is 9.59 Å². The molecule has 24 heavy (non-hydrogen) atoms. The van der Waals surface area contributed by atoms with Crippen molar-refractivity contribution in [3.63, 3.8) is 0 Å². The van der Waals surface area contributed by atoms with E-state index in [4.69, 9.17) is 11.6 Å². The monoisotopic (exact) mass is 351 g/mol. The molecule has 1 aromatic rings. The van der Waals surface area contributed by atoms with Gasteiger partial charge in [0.1, 0.15) is 0 Å². The van der Waals surface area contributed by atoms with E-state index in [1.165, 1.54) is 0 Å². The molecule has 1 heterocycles. The van der Waals surface area contributed by atoms with E-state index < -0.39 is 0 Å². The summed E-state index contributed by atoms with van der Waals surface area (Å²) in [7, 11) is 0. The fraction of sp³-hybridized carbons (Fsp3) is 0.556. The van der Waals surface area contributed by atoms with Gasteiger partial charge in [-0.2, -0.15) is 0 Å². The van der Waals surface area contributed by atoms with E-state index in [-0.39, 0.29) is 17.2 Å². The summed E-state index contributed by atoms with van der Waals surface area (Å²) >= 11 is 6.39. The van der Waals surface area contributed by atoms with Crippen LogP contribution in [0.15, 0.2) is 18.2 Å². The molecule has 0 aliphatic carbocycles. The summed E-state index contributed by atoms with van der Waals surface area (Å²) < 4.78 is 0. The number of halogens is 1. The average molecular weight is 352 g/mol. The SMILES string of the molecule is CCC(=O)Nc1ccc(N2CCN(C(=O)C(C)(C)C)CC2)c(Cl)c1. The molecule has 1 fully saturated rings. The first-order valence-corrected chi connectivity index (χ1v) is 8.74. The van der Waals surface area contributed by atoms with Crippen LogP contribution in [0.25, 0.3) is 0 Å². The molecule has 1 N–H and O–H groups in total. The molecule has 0 saturated carbocycles. The lowest BCUT2D eigenvalue weighted by Gasteiger charge is -2.39. The molecule has 2 amide bonds. The first-order valence-electron chi connectivity index (χ1n) is 8.36. The van der Waals surface area contributed by atoms with E-state index in [0.29, 0.717) is 30.2 Å². The second-order valence-corrected chi connectivity index (χ2v) is 7.50. The van der Waals surface area contributed by atoms with Gasteiger partial charge < -0.3 is 15.1 Å².